The fourth-order valence-electron chi connectivity index (χ4n) is 3.02. The zero-order chi connectivity index (χ0) is 14.8. The lowest BCUT2D eigenvalue weighted by Crippen LogP contribution is -2.53. The number of nitrogens with one attached hydrogen (secondary N) is 1. The molecule has 0 saturated heterocycles. The van der Waals surface area contributed by atoms with Crippen molar-refractivity contribution in [1.82, 2.24) is 0 Å². The first-order chi connectivity index (χ1) is 9.44. The van der Waals surface area contributed by atoms with Crippen LogP contribution in [0.4, 0.5) is 5.69 Å². The fraction of sp³-hybridized carbons (Fsp3) is 0.562. The molecule has 0 spiro atoms. The molecule has 2 rings (SSSR count). The Hall–Kier alpha value is -0.870. The highest BCUT2D eigenvalue weighted by Gasteiger charge is 2.38. The van der Waals surface area contributed by atoms with E-state index in [2.05, 4.69) is 35.1 Å². The van der Waals surface area contributed by atoms with Crippen LogP contribution in [0.3, 0.4) is 0 Å². The second kappa shape index (κ2) is 6.27. The predicted octanol–water partition coefficient (Wildman–Crippen LogP) is 3.86. The first-order valence-corrected chi connectivity index (χ1v) is 8.12. The molecule has 0 bridgehead atoms. The molecule has 2 atom stereocenters. The van der Waals surface area contributed by atoms with Gasteiger partial charge in [-0.25, -0.2) is 0 Å². The number of hydrogen-bond acceptors (Lipinski definition) is 2. The molecule has 1 amide bonds. The van der Waals surface area contributed by atoms with E-state index in [0.29, 0.717) is 5.92 Å². The molecule has 4 heteroatoms. The second-order valence-electron chi connectivity index (χ2n) is 5.97. The van der Waals surface area contributed by atoms with E-state index in [0.717, 1.165) is 41.4 Å². The number of carbonyl (C=O) groups excluding carboxylic acids is 1. The van der Waals surface area contributed by atoms with Crippen molar-refractivity contribution >= 4 is 27.5 Å². The van der Waals surface area contributed by atoms with Crippen LogP contribution in [0.25, 0.3) is 0 Å². The summed E-state index contributed by atoms with van der Waals surface area (Å²) in [5.41, 5.74) is 7.63. The van der Waals surface area contributed by atoms with Crippen LogP contribution in [0.5, 0.6) is 0 Å². The van der Waals surface area contributed by atoms with E-state index in [1.807, 2.05) is 18.2 Å². The van der Waals surface area contributed by atoms with Crippen LogP contribution in [0.15, 0.2) is 22.7 Å². The summed E-state index contributed by atoms with van der Waals surface area (Å²) in [5.74, 6) is 0.483. The van der Waals surface area contributed by atoms with E-state index >= 15 is 0 Å². The Bertz CT molecular complexity index is 503. The smallest absolute Gasteiger partial charge is 0.244 e. The van der Waals surface area contributed by atoms with Crippen molar-refractivity contribution in [1.29, 1.82) is 0 Å². The Morgan fingerprint density at radius 1 is 1.55 bits per heavy atom. The molecule has 1 aromatic rings. The second-order valence-corrected chi connectivity index (χ2v) is 6.88. The van der Waals surface area contributed by atoms with Crippen LogP contribution in [0.2, 0.25) is 0 Å². The first kappa shape index (κ1) is 15.5. The number of amides is 1. The summed E-state index contributed by atoms with van der Waals surface area (Å²) in [5, 5.41) is 3.03. The van der Waals surface area contributed by atoms with E-state index in [-0.39, 0.29) is 5.91 Å². The standard InChI is InChI=1S/C16H23BrN2O/c1-3-12-9-13(17)6-7-14(12)19-15(20)16(18)8-4-5-11(2)10-16/h6-7,9,11H,3-5,8,10,18H2,1-2H3,(H,19,20). The molecule has 3 nitrogen and oxygen atoms in total. The van der Waals surface area contributed by atoms with Crippen molar-refractivity contribution in [3.63, 3.8) is 0 Å². The van der Waals surface area contributed by atoms with Gasteiger partial charge in [-0.15, -0.1) is 0 Å². The molecule has 20 heavy (non-hydrogen) atoms. The minimum atomic E-state index is -0.713. The summed E-state index contributed by atoms with van der Waals surface area (Å²) in [6.45, 7) is 4.25. The number of rotatable bonds is 3. The van der Waals surface area contributed by atoms with Crippen molar-refractivity contribution in [3.05, 3.63) is 28.2 Å². The molecule has 1 aliphatic carbocycles. The van der Waals surface area contributed by atoms with Crippen molar-refractivity contribution in [2.45, 2.75) is 51.5 Å². The summed E-state index contributed by atoms with van der Waals surface area (Å²) < 4.78 is 1.03. The number of halogens is 1. The molecule has 1 aliphatic rings. The number of carbonyl (C=O) groups is 1. The number of hydrogen-bond donors (Lipinski definition) is 2. The molecule has 110 valence electrons. The number of nitrogens with two attached hydrogens (primary N) is 1. The van der Waals surface area contributed by atoms with Crippen LogP contribution in [0, 0.1) is 5.92 Å². The molecule has 0 heterocycles. The van der Waals surface area contributed by atoms with Gasteiger partial charge in [0.15, 0.2) is 0 Å². The Labute approximate surface area is 129 Å². The maximum Gasteiger partial charge on any atom is 0.244 e. The zero-order valence-electron chi connectivity index (χ0n) is 12.2. The predicted molar refractivity (Wildman–Crippen MR) is 86.7 cm³/mol. The molecule has 1 aromatic carbocycles. The molecule has 3 N–H and O–H groups in total. The Kier molecular flexibility index (Phi) is 4.86. The van der Waals surface area contributed by atoms with Gasteiger partial charge in [-0.1, -0.05) is 42.6 Å². The monoisotopic (exact) mass is 338 g/mol. The third kappa shape index (κ3) is 3.41. The van der Waals surface area contributed by atoms with E-state index in [4.69, 9.17) is 5.73 Å². The number of aryl methyl sites for hydroxylation is 1. The molecule has 1 saturated carbocycles. The van der Waals surface area contributed by atoms with Crippen molar-refractivity contribution in [2.75, 3.05) is 5.32 Å². The summed E-state index contributed by atoms with van der Waals surface area (Å²) in [6, 6.07) is 5.93. The van der Waals surface area contributed by atoms with Gasteiger partial charge in [0, 0.05) is 10.2 Å². The Morgan fingerprint density at radius 3 is 2.95 bits per heavy atom. The summed E-state index contributed by atoms with van der Waals surface area (Å²) in [4.78, 5) is 12.5. The Balaban J connectivity index is 2.15. The lowest BCUT2D eigenvalue weighted by atomic mass is 9.76. The van der Waals surface area contributed by atoms with Gasteiger partial charge in [0.2, 0.25) is 5.91 Å². The molecular weight excluding hydrogens is 316 g/mol. The SMILES string of the molecule is CCc1cc(Br)ccc1NC(=O)C1(N)CCCC(C)C1. The van der Waals surface area contributed by atoms with Crippen LogP contribution < -0.4 is 11.1 Å². The van der Waals surface area contributed by atoms with Gasteiger partial charge in [0.05, 0.1) is 5.54 Å². The molecule has 0 aliphatic heterocycles. The van der Waals surface area contributed by atoms with E-state index in [1.54, 1.807) is 0 Å². The topological polar surface area (TPSA) is 55.1 Å². The molecule has 2 unspecified atom stereocenters. The van der Waals surface area contributed by atoms with Gasteiger partial charge in [0.1, 0.15) is 0 Å². The van der Waals surface area contributed by atoms with Gasteiger partial charge in [-0.2, -0.15) is 0 Å². The van der Waals surface area contributed by atoms with Gasteiger partial charge in [0.25, 0.3) is 0 Å². The van der Waals surface area contributed by atoms with Gasteiger partial charge < -0.3 is 11.1 Å². The summed E-state index contributed by atoms with van der Waals surface area (Å²) in [7, 11) is 0. The number of anilines is 1. The van der Waals surface area contributed by atoms with Crippen molar-refractivity contribution < 1.29 is 4.79 Å². The van der Waals surface area contributed by atoms with E-state index < -0.39 is 5.54 Å². The molecule has 0 aromatic heterocycles. The highest BCUT2D eigenvalue weighted by molar-refractivity contribution is 9.10. The van der Waals surface area contributed by atoms with Gasteiger partial charge >= 0.3 is 0 Å². The van der Waals surface area contributed by atoms with Gasteiger partial charge in [-0.05, 0) is 48.9 Å². The van der Waals surface area contributed by atoms with Crippen LogP contribution in [-0.2, 0) is 11.2 Å². The quantitative estimate of drug-likeness (QED) is 0.879. The van der Waals surface area contributed by atoms with Crippen LogP contribution in [0.1, 0.15) is 45.1 Å². The summed E-state index contributed by atoms with van der Waals surface area (Å²) >= 11 is 3.46. The average molecular weight is 339 g/mol. The number of benzene rings is 1. The largest absolute Gasteiger partial charge is 0.324 e. The maximum absolute atomic E-state index is 12.5. The third-order valence-corrected chi connectivity index (χ3v) is 4.67. The van der Waals surface area contributed by atoms with E-state index in [1.165, 1.54) is 6.42 Å². The highest BCUT2D eigenvalue weighted by Crippen LogP contribution is 2.32. The molecular formula is C16H23BrN2O. The average Bonchev–Trinajstić information content (AvgIpc) is 2.40. The Morgan fingerprint density at radius 2 is 2.30 bits per heavy atom. The van der Waals surface area contributed by atoms with Crippen molar-refractivity contribution in [3.8, 4) is 0 Å². The lowest BCUT2D eigenvalue weighted by Gasteiger charge is -2.35. The lowest BCUT2D eigenvalue weighted by molar-refractivity contribution is -0.122. The van der Waals surface area contributed by atoms with E-state index in [9.17, 15) is 4.79 Å². The maximum atomic E-state index is 12.5. The molecule has 1 fully saturated rings. The van der Waals surface area contributed by atoms with Crippen LogP contribution in [-0.4, -0.2) is 11.4 Å². The van der Waals surface area contributed by atoms with Gasteiger partial charge in [-0.3, -0.25) is 4.79 Å². The minimum absolute atomic E-state index is 0.0407. The van der Waals surface area contributed by atoms with Crippen molar-refractivity contribution in [2.24, 2.45) is 11.7 Å². The van der Waals surface area contributed by atoms with Crippen LogP contribution >= 0.6 is 15.9 Å². The highest BCUT2D eigenvalue weighted by atomic mass is 79.9. The third-order valence-electron chi connectivity index (χ3n) is 4.18. The normalized spacial score (nSPS) is 26.3. The zero-order valence-corrected chi connectivity index (χ0v) is 13.8. The summed E-state index contributed by atoms with van der Waals surface area (Å²) in [6.07, 6.45) is 4.64. The minimum Gasteiger partial charge on any atom is -0.324 e. The fourth-order valence-corrected chi connectivity index (χ4v) is 3.43. The first-order valence-electron chi connectivity index (χ1n) is 7.33. The molecule has 0 radical (unpaired) electrons.